The molecule has 0 heterocycles. The molecule has 0 aliphatic carbocycles. The van der Waals surface area contributed by atoms with Crippen LogP contribution in [0.25, 0.3) is 0 Å². The molecule has 1 unspecified atom stereocenters. The molecule has 6 nitrogen and oxygen atoms in total. The Kier molecular flexibility index (Phi) is 6.54. The summed E-state index contributed by atoms with van der Waals surface area (Å²) < 4.78 is 63.5. The Bertz CT molecular complexity index is 645. The van der Waals surface area contributed by atoms with Crippen molar-refractivity contribution in [3.63, 3.8) is 0 Å². The number of rotatable bonds is 7. The summed E-state index contributed by atoms with van der Waals surface area (Å²) in [6, 6.07) is 3.17. The summed E-state index contributed by atoms with van der Waals surface area (Å²) in [6.45, 7) is 1.46. The van der Waals surface area contributed by atoms with Crippen LogP contribution in [0.1, 0.15) is 18.9 Å². The lowest BCUT2D eigenvalue weighted by Crippen LogP contribution is -2.38. The molecule has 0 aromatic heterocycles. The number of nitrogens with two attached hydrogens (primary N) is 1. The first-order chi connectivity index (χ1) is 10.5. The van der Waals surface area contributed by atoms with Crippen molar-refractivity contribution >= 4 is 15.9 Å². The van der Waals surface area contributed by atoms with Crippen LogP contribution in [0.4, 0.5) is 13.2 Å². The molecule has 1 aromatic carbocycles. The van der Waals surface area contributed by atoms with Crippen molar-refractivity contribution in [2.24, 2.45) is 5.73 Å². The summed E-state index contributed by atoms with van der Waals surface area (Å²) in [6.07, 6.45) is -4.13. The monoisotopic (exact) mass is 353 g/mol. The molecule has 0 aliphatic rings. The second-order valence-electron chi connectivity index (χ2n) is 4.97. The summed E-state index contributed by atoms with van der Waals surface area (Å²) in [5.74, 6) is -0.596. The van der Waals surface area contributed by atoms with Gasteiger partial charge in [-0.2, -0.15) is 13.2 Å². The first-order valence-corrected chi connectivity index (χ1v) is 8.20. The van der Waals surface area contributed by atoms with Crippen molar-refractivity contribution in [3.8, 4) is 0 Å². The molecule has 10 heteroatoms. The van der Waals surface area contributed by atoms with Gasteiger partial charge >= 0.3 is 6.18 Å². The molecule has 0 bridgehead atoms. The topological polar surface area (TPSA) is 101 Å². The average molecular weight is 353 g/mol. The second kappa shape index (κ2) is 7.75. The Labute approximate surface area is 132 Å². The van der Waals surface area contributed by atoms with Gasteiger partial charge in [-0.15, -0.1) is 0 Å². The summed E-state index contributed by atoms with van der Waals surface area (Å²) in [4.78, 5) is 10.9. The quantitative estimate of drug-likeness (QED) is 0.676. The van der Waals surface area contributed by atoms with Gasteiger partial charge < -0.3 is 11.1 Å². The molecule has 0 aliphatic heterocycles. The maximum Gasteiger partial charge on any atom is 0.416 e. The molecule has 0 radical (unpaired) electrons. The summed E-state index contributed by atoms with van der Waals surface area (Å²) in [7, 11) is -4.22. The molecular weight excluding hydrogens is 335 g/mol. The van der Waals surface area contributed by atoms with Gasteiger partial charge in [0.15, 0.2) is 0 Å². The molecule has 0 saturated carbocycles. The minimum atomic E-state index is -4.65. The van der Waals surface area contributed by atoms with E-state index in [1.807, 2.05) is 4.72 Å². The van der Waals surface area contributed by atoms with Gasteiger partial charge in [-0.3, -0.25) is 4.79 Å². The van der Waals surface area contributed by atoms with Crippen LogP contribution in [0.2, 0.25) is 0 Å². The lowest BCUT2D eigenvalue weighted by molar-refractivity contribution is -0.137. The largest absolute Gasteiger partial charge is 0.416 e. The fourth-order valence-electron chi connectivity index (χ4n) is 1.59. The first-order valence-electron chi connectivity index (χ1n) is 6.71. The zero-order valence-electron chi connectivity index (χ0n) is 12.4. The minimum Gasteiger partial charge on any atom is -0.355 e. The average Bonchev–Trinajstić information content (AvgIpc) is 2.44. The number of halogens is 3. The van der Waals surface area contributed by atoms with Crippen molar-refractivity contribution in [1.82, 2.24) is 10.0 Å². The van der Waals surface area contributed by atoms with Gasteiger partial charge in [-0.25, -0.2) is 13.1 Å². The highest BCUT2D eigenvalue weighted by atomic mass is 32.2. The van der Waals surface area contributed by atoms with Crippen LogP contribution >= 0.6 is 0 Å². The lowest BCUT2D eigenvalue weighted by Gasteiger charge is -2.11. The van der Waals surface area contributed by atoms with E-state index in [4.69, 9.17) is 5.73 Å². The summed E-state index contributed by atoms with van der Waals surface area (Å²) in [5.41, 5.74) is 4.41. The van der Waals surface area contributed by atoms with Gasteiger partial charge in [0.2, 0.25) is 15.9 Å². The van der Waals surface area contributed by atoms with Crippen LogP contribution < -0.4 is 15.8 Å². The zero-order valence-corrected chi connectivity index (χ0v) is 13.2. The van der Waals surface area contributed by atoms with E-state index in [1.54, 1.807) is 6.92 Å². The van der Waals surface area contributed by atoms with E-state index >= 15 is 0 Å². The number of carbonyl (C=O) groups excluding carboxylic acids is 1. The molecule has 23 heavy (non-hydrogen) atoms. The Morgan fingerprint density at radius 2 is 2.00 bits per heavy atom. The maximum atomic E-state index is 12.6. The molecule has 130 valence electrons. The van der Waals surface area contributed by atoms with Gasteiger partial charge in [-0.1, -0.05) is 6.07 Å². The summed E-state index contributed by atoms with van der Waals surface area (Å²) >= 11 is 0. The van der Waals surface area contributed by atoms with Crippen LogP contribution in [0.15, 0.2) is 29.2 Å². The predicted octanol–water partition coefficient (Wildman–Crippen LogP) is 0.837. The number of amides is 1. The third-order valence-corrected chi connectivity index (χ3v) is 4.22. The van der Waals surface area contributed by atoms with Gasteiger partial charge in [0, 0.05) is 12.6 Å². The van der Waals surface area contributed by atoms with E-state index in [0.717, 1.165) is 18.2 Å². The number of hydrogen-bond acceptors (Lipinski definition) is 4. The van der Waals surface area contributed by atoms with Crippen LogP contribution in [0, 0.1) is 0 Å². The molecule has 4 N–H and O–H groups in total. The first kappa shape index (κ1) is 19.4. The van der Waals surface area contributed by atoms with E-state index in [-0.39, 0.29) is 12.6 Å². The third-order valence-electron chi connectivity index (χ3n) is 2.82. The highest BCUT2D eigenvalue weighted by Gasteiger charge is 2.31. The van der Waals surface area contributed by atoms with Gasteiger partial charge in [-0.05, 0) is 31.5 Å². The lowest BCUT2D eigenvalue weighted by atomic mass is 10.2. The Morgan fingerprint density at radius 1 is 1.35 bits per heavy atom. The molecule has 1 atom stereocenters. The SMILES string of the molecule is CC(N)CCNC(=O)CNS(=O)(=O)c1cccc(C(F)(F)F)c1. The molecule has 1 rings (SSSR count). The van der Waals surface area contributed by atoms with Gasteiger partial charge in [0.25, 0.3) is 0 Å². The van der Waals surface area contributed by atoms with E-state index in [2.05, 4.69) is 5.32 Å². The molecular formula is C13H18F3N3O3S. The number of sulfonamides is 1. The predicted molar refractivity (Wildman–Crippen MR) is 77.9 cm³/mol. The second-order valence-corrected chi connectivity index (χ2v) is 6.73. The number of alkyl halides is 3. The van der Waals surface area contributed by atoms with Crippen molar-refractivity contribution in [3.05, 3.63) is 29.8 Å². The van der Waals surface area contributed by atoms with Crippen molar-refractivity contribution in [1.29, 1.82) is 0 Å². The van der Waals surface area contributed by atoms with Gasteiger partial charge in [0.05, 0.1) is 17.0 Å². The summed E-state index contributed by atoms with van der Waals surface area (Å²) in [5, 5.41) is 2.45. The number of benzene rings is 1. The van der Waals surface area contributed by atoms with Crippen LogP contribution in [-0.4, -0.2) is 33.5 Å². The fraction of sp³-hybridized carbons (Fsp3) is 0.462. The van der Waals surface area contributed by atoms with Crippen molar-refractivity contribution in [2.45, 2.75) is 30.5 Å². The van der Waals surface area contributed by atoms with Crippen LogP contribution in [-0.2, 0) is 21.0 Å². The Hall–Kier alpha value is -1.65. The van der Waals surface area contributed by atoms with E-state index < -0.39 is 39.1 Å². The van der Waals surface area contributed by atoms with Crippen LogP contribution in [0.5, 0.6) is 0 Å². The highest BCUT2D eigenvalue weighted by molar-refractivity contribution is 7.89. The molecule has 1 amide bonds. The van der Waals surface area contributed by atoms with E-state index in [9.17, 15) is 26.4 Å². The van der Waals surface area contributed by atoms with Crippen molar-refractivity contribution in [2.75, 3.05) is 13.1 Å². The number of nitrogens with one attached hydrogen (secondary N) is 2. The van der Waals surface area contributed by atoms with Crippen LogP contribution in [0.3, 0.4) is 0 Å². The Balaban J connectivity index is 2.68. The van der Waals surface area contributed by atoms with E-state index in [0.29, 0.717) is 12.5 Å². The van der Waals surface area contributed by atoms with Gasteiger partial charge in [0.1, 0.15) is 0 Å². The number of hydrogen-bond donors (Lipinski definition) is 3. The molecule has 0 fully saturated rings. The zero-order chi connectivity index (χ0) is 17.7. The maximum absolute atomic E-state index is 12.6. The fourth-order valence-corrected chi connectivity index (χ4v) is 2.61. The number of carbonyl (C=O) groups is 1. The highest BCUT2D eigenvalue weighted by Crippen LogP contribution is 2.30. The Morgan fingerprint density at radius 3 is 2.57 bits per heavy atom. The smallest absolute Gasteiger partial charge is 0.355 e. The third kappa shape index (κ3) is 6.55. The molecule has 0 saturated heterocycles. The normalized spacial score (nSPS) is 13.6. The molecule has 1 aromatic rings. The minimum absolute atomic E-state index is 0.114. The molecule has 0 spiro atoms. The standard InChI is InChI=1S/C13H18F3N3O3S/c1-9(17)5-6-18-12(20)8-19-23(21,22)11-4-2-3-10(7-11)13(14,15)16/h2-4,7,9,19H,5-6,8,17H2,1H3,(H,18,20). The van der Waals surface area contributed by atoms with E-state index in [1.165, 1.54) is 0 Å². The van der Waals surface area contributed by atoms with Crippen molar-refractivity contribution < 1.29 is 26.4 Å².